The lowest BCUT2D eigenvalue weighted by molar-refractivity contribution is 0.0952. The highest BCUT2D eigenvalue weighted by molar-refractivity contribution is 7.92. The molecule has 7 nitrogen and oxygen atoms in total. The van der Waals surface area contributed by atoms with Crippen LogP contribution in [0.5, 0.6) is 0 Å². The highest BCUT2D eigenvalue weighted by Gasteiger charge is 2.15. The van der Waals surface area contributed by atoms with Gasteiger partial charge in [-0.15, -0.1) is 0 Å². The van der Waals surface area contributed by atoms with Crippen molar-refractivity contribution in [1.29, 1.82) is 0 Å². The van der Waals surface area contributed by atoms with Crippen molar-refractivity contribution in [2.24, 2.45) is 0 Å². The first-order chi connectivity index (χ1) is 15.4. The Kier molecular flexibility index (Phi) is 6.23. The molecule has 0 bridgehead atoms. The standard InChI is InChI=1S/C24H24N4O3S/c1-18-26-22-10-5-6-11-23(22)28(18)17-7-16-25-24(29)19-12-14-21(15-13-19)32(30,31)27-20-8-3-2-4-9-20/h2-6,8-15,27H,7,16-17H2,1H3,(H,25,29). The second-order valence-electron chi connectivity index (χ2n) is 7.40. The van der Waals surface area contributed by atoms with Crippen LogP contribution in [0.15, 0.2) is 83.8 Å². The number of imidazole rings is 1. The molecule has 0 saturated heterocycles. The van der Waals surface area contributed by atoms with Gasteiger partial charge >= 0.3 is 0 Å². The summed E-state index contributed by atoms with van der Waals surface area (Å²) in [7, 11) is -3.71. The van der Waals surface area contributed by atoms with Crippen LogP contribution in [0.3, 0.4) is 0 Å². The van der Waals surface area contributed by atoms with E-state index in [1.54, 1.807) is 24.3 Å². The molecule has 0 spiro atoms. The Bertz CT molecular complexity index is 1330. The topological polar surface area (TPSA) is 93.1 Å². The number of nitrogens with zero attached hydrogens (tertiary/aromatic N) is 2. The first-order valence-electron chi connectivity index (χ1n) is 10.3. The van der Waals surface area contributed by atoms with E-state index in [-0.39, 0.29) is 10.8 Å². The van der Waals surface area contributed by atoms with Crippen LogP contribution in [0.25, 0.3) is 11.0 Å². The number of sulfonamides is 1. The van der Waals surface area contributed by atoms with Gasteiger partial charge in [0.05, 0.1) is 15.9 Å². The van der Waals surface area contributed by atoms with Gasteiger partial charge in [-0.1, -0.05) is 30.3 Å². The molecule has 3 aromatic carbocycles. The van der Waals surface area contributed by atoms with Gasteiger partial charge in [0.2, 0.25) is 0 Å². The molecule has 0 unspecified atom stereocenters. The molecule has 0 aliphatic rings. The van der Waals surface area contributed by atoms with Crippen molar-refractivity contribution in [2.45, 2.75) is 24.8 Å². The molecule has 4 rings (SSSR count). The van der Waals surface area contributed by atoms with Crippen molar-refractivity contribution < 1.29 is 13.2 Å². The van der Waals surface area contributed by atoms with Gasteiger partial charge in [-0.3, -0.25) is 9.52 Å². The van der Waals surface area contributed by atoms with Crippen molar-refractivity contribution in [3.05, 3.63) is 90.3 Å². The lowest BCUT2D eigenvalue weighted by atomic mass is 10.2. The molecule has 164 valence electrons. The largest absolute Gasteiger partial charge is 0.352 e. The van der Waals surface area contributed by atoms with Crippen LogP contribution < -0.4 is 10.0 Å². The molecule has 4 aromatic rings. The van der Waals surface area contributed by atoms with Crippen LogP contribution >= 0.6 is 0 Å². The van der Waals surface area contributed by atoms with Crippen molar-refractivity contribution in [3.63, 3.8) is 0 Å². The quantitative estimate of drug-likeness (QED) is 0.399. The number of amides is 1. The maximum Gasteiger partial charge on any atom is 0.261 e. The predicted octanol–water partition coefficient (Wildman–Crippen LogP) is 3.97. The summed E-state index contributed by atoms with van der Waals surface area (Å²) in [5.74, 6) is 0.704. The van der Waals surface area contributed by atoms with E-state index < -0.39 is 10.0 Å². The average molecular weight is 449 g/mol. The molecule has 8 heteroatoms. The van der Waals surface area contributed by atoms with E-state index in [1.165, 1.54) is 24.3 Å². The lowest BCUT2D eigenvalue weighted by Gasteiger charge is -2.10. The third-order valence-corrected chi connectivity index (χ3v) is 6.54. The van der Waals surface area contributed by atoms with E-state index in [1.807, 2.05) is 37.3 Å². The Balaban J connectivity index is 1.32. The molecule has 0 fully saturated rings. The number of aryl methyl sites for hydroxylation is 2. The average Bonchev–Trinajstić information content (AvgIpc) is 3.12. The molecule has 0 atom stereocenters. The summed E-state index contributed by atoms with van der Waals surface area (Å²) < 4.78 is 29.7. The van der Waals surface area contributed by atoms with E-state index in [4.69, 9.17) is 0 Å². The second-order valence-corrected chi connectivity index (χ2v) is 9.09. The fourth-order valence-corrected chi connectivity index (χ4v) is 4.58. The van der Waals surface area contributed by atoms with Crippen molar-refractivity contribution in [1.82, 2.24) is 14.9 Å². The summed E-state index contributed by atoms with van der Waals surface area (Å²) in [6, 6.07) is 22.5. The molecule has 0 aliphatic carbocycles. The van der Waals surface area contributed by atoms with Crippen LogP contribution in [0.4, 0.5) is 5.69 Å². The molecule has 0 aliphatic heterocycles. The Morgan fingerprint density at radius 3 is 2.38 bits per heavy atom. The molecule has 1 heterocycles. The summed E-state index contributed by atoms with van der Waals surface area (Å²) in [6.45, 7) is 3.22. The Morgan fingerprint density at radius 2 is 1.62 bits per heavy atom. The minimum Gasteiger partial charge on any atom is -0.352 e. The fraction of sp³-hybridized carbons (Fsp3) is 0.167. The Morgan fingerprint density at radius 1 is 0.938 bits per heavy atom. The predicted molar refractivity (Wildman–Crippen MR) is 125 cm³/mol. The van der Waals surface area contributed by atoms with E-state index in [0.29, 0.717) is 17.8 Å². The van der Waals surface area contributed by atoms with Gasteiger partial charge in [-0.25, -0.2) is 13.4 Å². The zero-order chi connectivity index (χ0) is 22.6. The number of rotatable bonds is 8. The molecule has 32 heavy (non-hydrogen) atoms. The zero-order valence-corrected chi connectivity index (χ0v) is 18.5. The Labute approximate surface area is 187 Å². The van der Waals surface area contributed by atoms with Gasteiger partial charge in [0.1, 0.15) is 5.82 Å². The maximum absolute atomic E-state index is 12.5. The first-order valence-corrected chi connectivity index (χ1v) is 11.8. The highest BCUT2D eigenvalue weighted by Crippen LogP contribution is 2.17. The van der Waals surface area contributed by atoms with Crippen molar-refractivity contribution >= 4 is 32.7 Å². The number of hydrogen-bond donors (Lipinski definition) is 2. The van der Waals surface area contributed by atoms with Crippen LogP contribution in [0.2, 0.25) is 0 Å². The van der Waals surface area contributed by atoms with Gasteiger partial charge in [0.25, 0.3) is 15.9 Å². The van der Waals surface area contributed by atoms with Crippen LogP contribution in [-0.4, -0.2) is 30.4 Å². The number of carbonyl (C=O) groups is 1. The SMILES string of the molecule is Cc1nc2ccccc2n1CCCNC(=O)c1ccc(S(=O)(=O)Nc2ccccc2)cc1. The Hall–Kier alpha value is -3.65. The first kappa shape index (κ1) is 21.6. The van der Waals surface area contributed by atoms with Gasteiger partial charge in [-0.2, -0.15) is 0 Å². The maximum atomic E-state index is 12.5. The van der Waals surface area contributed by atoms with Crippen molar-refractivity contribution in [2.75, 3.05) is 11.3 Å². The summed E-state index contributed by atoms with van der Waals surface area (Å²) in [6.07, 6.45) is 0.750. The normalized spacial score (nSPS) is 11.4. The monoisotopic (exact) mass is 448 g/mol. The number of nitrogens with one attached hydrogen (secondary N) is 2. The number of para-hydroxylation sites is 3. The molecule has 2 N–H and O–H groups in total. The number of fused-ring (bicyclic) bond motifs is 1. The van der Waals surface area contributed by atoms with E-state index in [9.17, 15) is 13.2 Å². The number of anilines is 1. The minimum atomic E-state index is -3.71. The summed E-state index contributed by atoms with van der Waals surface area (Å²) in [5.41, 5.74) is 2.94. The zero-order valence-electron chi connectivity index (χ0n) is 17.7. The van der Waals surface area contributed by atoms with Gasteiger partial charge in [-0.05, 0) is 61.9 Å². The third-order valence-electron chi connectivity index (χ3n) is 5.14. The fourth-order valence-electron chi connectivity index (χ4n) is 3.53. The van der Waals surface area contributed by atoms with Crippen molar-refractivity contribution in [3.8, 4) is 0 Å². The van der Waals surface area contributed by atoms with E-state index >= 15 is 0 Å². The molecule has 0 saturated carbocycles. The summed E-state index contributed by atoms with van der Waals surface area (Å²) in [4.78, 5) is 17.1. The molecular formula is C24H24N4O3S. The number of aromatic nitrogens is 2. The molecular weight excluding hydrogens is 424 g/mol. The molecule has 1 aromatic heterocycles. The minimum absolute atomic E-state index is 0.0976. The summed E-state index contributed by atoms with van der Waals surface area (Å²) >= 11 is 0. The second kappa shape index (κ2) is 9.23. The van der Waals surface area contributed by atoms with Gasteiger partial charge in [0.15, 0.2) is 0 Å². The van der Waals surface area contributed by atoms with Crippen LogP contribution in [0, 0.1) is 6.92 Å². The smallest absolute Gasteiger partial charge is 0.261 e. The highest BCUT2D eigenvalue weighted by atomic mass is 32.2. The number of hydrogen-bond acceptors (Lipinski definition) is 4. The summed E-state index contributed by atoms with van der Waals surface area (Å²) in [5, 5.41) is 2.89. The third kappa shape index (κ3) is 4.81. The van der Waals surface area contributed by atoms with E-state index in [0.717, 1.165) is 29.8 Å². The van der Waals surface area contributed by atoms with Gasteiger partial charge in [0, 0.05) is 24.3 Å². The van der Waals surface area contributed by atoms with Crippen LogP contribution in [-0.2, 0) is 16.6 Å². The number of carbonyl (C=O) groups excluding carboxylic acids is 1. The molecule has 0 radical (unpaired) electrons. The van der Waals surface area contributed by atoms with E-state index in [2.05, 4.69) is 19.6 Å². The lowest BCUT2D eigenvalue weighted by Crippen LogP contribution is -2.25. The molecule has 1 amide bonds. The van der Waals surface area contributed by atoms with Gasteiger partial charge < -0.3 is 9.88 Å². The van der Waals surface area contributed by atoms with Crippen LogP contribution in [0.1, 0.15) is 22.6 Å². The number of benzene rings is 3.